The molecule has 15 nitrogen and oxygen atoms in total. The van der Waals surface area contributed by atoms with Crippen LogP contribution in [0.4, 0.5) is 17.5 Å². The van der Waals surface area contributed by atoms with E-state index in [9.17, 15) is 9.90 Å². The second kappa shape index (κ2) is 11.9. The highest BCUT2D eigenvalue weighted by atomic mass is 16.3. The van der Waals surface area contributed by atoms with E-state index in [1.165, 1.54) is 11.8 Å². The first kappa shape index (κ1) is 26.7. The number of tetrazole rings is 1. The van der Waals surface area contributed by atoms with Crippen LogP contribution in [0.2, 0.25) is 0 Å². The molecular weight excluding hydrogens is 526 g/mol. The van der Waals surface area contributed by atoms with Crippen LogP contribution in [-0.4, -0.2) is 101 Å². The van der Waals surface area contributed by atoms with E-state index in [0.717, 1.165) is 44.0 Å². The number of fused-ring (bicyclic) bond motifs is 1. The van der Waals surface area contributed by atoms with E-state index in [1.54, 1.807) is 0 Å². The molecule has 2 aliphatic rings. The van der Waals surface area contributed by atoms with Gasteiger partial charge in [0.05, 0.1) is 18.7 Å². The molecule has 6 rings (SSSR count). The van der Waals surface area contributed by atoms with Gasteiger partial charge in [-0.25, -0.2) is 10.1 Å². The van der Waals surface area contributed by atoms with E-state index in [4.69, 9.17) is 10.2 Å². The van der Waals surface area contributed by atoms with Gasteiger partial charge in [0.15, 0.2) is 5.82 Å². The van der Waals surface area contributed by atoms with Crippen molar-refractivity contribution in [2.24, 2.45) is 0 Å². The number of piperidine rings is 1. The number of aliphatic hydroxyl groups is 1. The second-order valence-electron chi connectivity index (χ2n) is 10.3. The number of H-pyrrole nitrogens is 2. The molecule has 1 unspecified atom stereocenters. The molecule has 5 heterocycles. The predicted molar refractivity (Wildman–Crippen MR) is 149 cm³/mol. The number of aliphatic hydroxyl groups excluding tert-OH is 1. The molecule has 2 fully saturated rings. The summed E-state index contributed by atoms with van der Waals surface area (Å²) in [5.74, 6) is 2.02. The molecule has 212 valence electrons. The van der Waals surface area contributed by atoms with Crippen LogP contribution in [0, 0.1) is 11.3 Å². The summed E-state index contributed by atoms with van der Waals surface area (Å²) in [5.41, 5.74) is 2.06. The number of nitrogens with one attached hydrogen (secondary N) is 3. The molecule has 0 radical (unpaired) electrons. The highest BCUT2D eigenvalue weighted by Gasteiger charge is 2.25. The number of anilines is 3. The van der Waals surface area contributed by atoms with Crippen LogP contribution >= 0.6 is 0 Å². The SMILES string of the molecule is N#CCC(O)N1CCN(c2nc(Nc3ccc(CN4CCC(c5nn[nH]n5)CC4)cc3)c3c(=O)[nH]ncc3n2)CC1. The summed E-state index contributed by atoms with van der Waals surface area (Å²) in [6, 6.07) is 10.1. The quantitative estimate of drug-likeness (QED) is 0.237. The number of nitriles is 1. The van der Waals surface area contributed by atoms with Gasteiger partial charge in [-0.2, -0.15) is 20.6 Å². The summed E-state index contributed by atoms with van der Waals surface area (Å²) in [6.07, 6.45) is 2.80. The molecule has 0 aliphatic carbocycles. The summed E-state index contributed by atoms with van der Waals surface area (Å²) in [4.78, 5) is 28.3. The van der Waals surface area contributed by atoms with E-state index in [-0.39, 0.29) is 12.0 Å². The van der Waals surface area contributed by atoms with E-state index in [0.29, 0.717) is 54.8 Å². The molecule has 2 aliphatic heterocycles. The molecular formula is C26H31N13O2. The summed E-state index contributed by atoms with van der Waals surface area (Å²) < 4.78 is 0. The number of hydrogen-bond acceptors (Lipinski definition) is 13. The van der Waals surface area contributed by atoms with Crippen LogP contribution in [0.1, 0.15) is 36.6 Å². The lowest BCUT2D eigenvalue weighted by atomic mass is 9.96. The molecule has 0 amide bonds. The van der Waals surface area contributed by atoms with Gasteiger partial charge in [-0.15, -0.1) is 10.2 Å². The molecule has 41 heavy (non-hydrogen) atoms. The van der Waals surface area contributed by atoms with E-state index in [2.05, 4.69) is 58.2 Å². The van der Waals surface area contributed by atoms with Gasteiger partial charge in [0.2, 0.25) is 5.95 Å². The smallest absolute Gasteiger partial charge is 0.277 e. The van der Waals surface area contributed by atoms with Gasteiger partial charge >= 0.3 is 0 Å². The van der Waals surface area contributed by atoms with Crippen LogP contribution in [0.15, 0.2) is 35.3 Å². The Hall–Kier alpha value is -4.52. The first-order valence-electron chi connectivity index (χ1n) is 13.7. The van der Waals surface area contributed by atoms with Crippen LogP contribution in [0.25, 0.3) is 10.9 Å². The maximum Gasteiger partial charge on any atom is 0.277 e. The number of benzene rings is 1. The van der Waals surface area contributed by atoms with Crippen molar-refractivity contribution in [3.63, 3.8) is 0 Å². The number of aromatic amines is 2. The minimum Gasteiger partial charge on any atom is -0.377 e. The van der Waals surface area contributed by atoms with Gasteiger partial charge in [-0.1, -0.05) is 17.3 Å². The van der Waals surface area contributed by atoms with Crippen molar-refractivity contribution in [3.8, 4) is 6.07 Å². The van der Waals surface area contributed by atoms with Gasteiger partial charge in [0.25, 0.3) is 5.56 Å². The molecule has 4 N–H and O–H groups in total. The van der Waals surface area contributed by atoms with Crippen molar-refractivity contribution >= 4 is 28.4 Å². The fourth-order valence-electron chi connectivity index (χ4n) is 5.43. The third kappa shape index (κ3) is 5.99. The Bertz CT molecular complexity index is 1550. The average Bonchev–Trinajstić information content (AvgIpc) is 3.54. The lowest BCUT2D eigenvalue weighted by Gasteiger charge is -2.36. The zero-order chi connectivity index (χ0) is 28.2. The summed E-state index contributed by atoms with van der Waals surface area (Å²) in [7, 11) is 0. The molecule has 0 spiro atoms. The van der Waals surface area contributed by atoms with Crippen molar-refractivity contribution in [1.29, 1.82) is 5.26 Å². The first-order valence-corrected chi connectivity index (χ1v) is 13.7. The van der Waals surface area contributed by atoms with Gasteiger partial charge in [0, 0.05) is 44.3 Å². The number of piperazine rings is 1. The van der Waals surface area contributed by atoms with Gasteiger partial charge in [-0.3, -0.25) is 14.6 Å². The fraction of sp³-hybridized carbons (Fsp3) is 0.462. The predicted octanol–water partition coefficient (Wildman–Crippen LogP) is 0.703. The summed E-state index contributed by atoms with van der Waals surface area (Å²) in [5, 5.41) is 43.6. The Kier molecular flexibility index (Phi) is 7.76. The standard InChI is InChI=1S/C26H31N13O2/c27-8-5-21(40)38-11-13-39(14-12-38)26-30-20-15-28-34-25(41)22(20)24(31-26)29-19-3-1-17(2-4-19)16-37-9-6-18(7-10-37)23-32-35-36-33-23/h1-4,15,18,21,40H,5-7,9-14,16H2,(H,34,41)(H,29,30,31)(H,32,33,35,36). The van der Waals surface area contributed by atoms with Crippen molar-refractivity contribution in [2.45, 2.75) is 38.0 Å². The summed E-state index contributed by atoms with van der Waals surface area (Å²) in [6.45, 7) is 5.07. The lowest BCUT2D eigenvalue weighted by Crippen LogP contribution is -2.50. The number of aromatic nitrogens is 8. The number of rotatable bonds is 8. The average molecular weight is 558 g/mol. The summed E-state index contributed by atoms with van der Waals surface area (Å²) >= 11 is 0. The van der Waals surface area contributed by atoms with Gasteiger partial charge in [-0.05, 0) is 43.6 Å². The van der Waals surface area contributed by atoms with Crippen molar-refractivity contribution < 1.29 is 5.11 Å². The fourth-order valence-corrected chi connectivity index (χ4v) is 5.43. The Labute approximate surface area is 235 Å². The Morgan fingerprint density at radius 1 is 1.10 bits per heavy atom. The molecule has 1 atom stereocenters. The number of nitrogens with zero attached hydrogens (tertiary/aromatic N) is 10. The first-order chi connectivity index (χ1) is 20.1. The third-order valence-corrected chi connectivity index (χ3v) is 7.73. The number of likely N-dealkylation sites (tertiary alicyclic amines) is 1. The Balaban J connectivity index is 1.14. The van der Waals surface area contributed by atoms with E-state index >= 15 is 0 Å². The maximum atomic E-state index is 12.7. The minimum absolute atomic E-state index is 0.0633. The van der Waals surface area contributed by atoms with Gasteiger partial charge in [0.1, 0.15) is 22.9 Å². The molecule has 15 heteroatoms. The lowest BCUT2D eigenvalue weighted by molar-refractivity contribution is 0.00416. The topological polar surface area (TPSA) is 192 Å². The zero-order valence-electron chi connectivity index (χ0n) is 22.4. The second-order valence-corrected chi connectivity index (χ2v) is 10.3. The minimum atomic E-state index is -0.786. The highest BCUT2D eigenvalue weighted by Crippen LogP contribution is 2.27. The van der Waals surface area contributed by atoms with Gasteiger partial charge < -0.3 is 15.3 Å². The highest BCUT2D eigenvalue weighted by molar-refractivity contribution is 5.90. The largest absolute Gasteiger partial charge is 0.377 e. The maximum absolute atomic E-state index is 12.7. The Morgan fingerprint density at radius 3 is 2.59 bits per heavy atom. The molecule has 2 saturated heterocycles. The third-order valence-electron chi connectivity index (χ3n) is 7.73. The monoisotopic (exact) mass is 557 g/mol. The van der Waals surface area contributed by atoms with Crippen LogP contribution in [-0.2, 0) is 6.54 Å². The van der Waals surface area contributed by atoms with E-state index < -0.39 is 6.23 Å². The van der Waals surface area contributed by atoms with Crippen LogP contribution in [0.3, 0.4) is 0 Å². The number of hydrogen-bond donors (Lipinski definition) is 4. The molecule has 0 saturated carbocycles. The van der Waals surface area contributed by atoms with Crippen LogP contribution < -0.4 is 15.8 Å². The zero-order valence-corrected chi connectivity index (χ0v) is 22.4. The van der Waals surface area contributed by atoms with E-state index in [1.807, 2.05) is 28.0 Å². The van der Waals surface area contributed by atoms with Crippen LogP contribution in [0.5, 0.6) is 0 Å². The molecule has 4 aromatic rings. The molecule has 1 aromatic carbocycles. The van der Waals surface area contributed by atoms with Crippen molar-refractivity contribution in [1.82, 2.24) is 50.6 Å². The normalized spacial score (nSPS) is 17.9. The van der Waals surface area contributed by atoms with Crippen molar-refractivity contribution in [3.05, 3.63) is 52.2 Å². The molecule has 3 aromatic heterocycles. The molecule has 0 bridgehead atoms. The Morgan fingerprint density at radius 2 is 1.88 bits per heavy atom. The van der Waals surface area contributed by atoms with Crippen molar-refractivity contribution in [2.75, 3.05) is 49.5 Å².